The van der Waals surface area contributed by atoms with Gasteiger partial charge >= 0.3 is 0 Å². The highest BCUT2D eigenvalue weighted by molar-refractivity contribution is 7.91. The molecule has 0 unspecified atom stereocenters. The zero-order valence-electron chi connectivity index (χ0n) is 20.5. The van der Waals surface area contributed by atoms with Crippen LogP contribution >= 0.6 is 22.9 Å². The standard InChI is InChI=1S/C25H29ClN4O4S2/c1-4-9-28(2)24(27)18-6-8-20(21(14-18)34-3)25(31)29-10-12-30(13-11-29)36(32,33)23-15-17-5-7-19(26)16-22(17)35-23/h5-8,14-16,27H,4,9-13H2,1-3H3. The number of nitrogens with one attached hydrogen (secondary N) is 1. The quantitative estimate of drug-likeness (QED) is 0.349. The van der Waals surface area contributed by atoms with E-state index in [1.807, 2.05) is 18.0 Å². The van der Waals surface area contributed by atoms with Gasteiger partial charge in [-0.25, -0.2) is 8.42 Å². The molecule has 1 aromatic heterocycles. The summed E-state index contributed by atoms with van der Waals surface area (Å²) in [6, 6.07) is 12.1. The minimum absolute atomic E-state index is 0.204. The van der Waals surface area contributed by atoms with E-state index in [2.05, 4.69) is 6.92 Å². The summed E-state index contributed by atoms with van der Waals surface area (Å²) in [4.78, 5) is 16.8. The van der Waals surface area contributed by atoms with Gasteiger partial charge in [-0.3, -0.25) is 10.2 Å². The SMILES string of the molecule is CCCN(C)C(=N)c1ccc(C(=O)N2CCN(S(=O)(=O)c3cc4ccc(Cl)cc4s3)CC2)c(OC)c1. The van der Waals surface area contributed by atoms with E-state index in [-0.39, 0.29) is 36.3 Å². The number of nitrogens with zero attached hydrogens (tertiary/aromatic N) is 3. The van der Waals surface area contributed by atoms with E-state index in [1.54, 1.807) is 41.3 Å². The van der Waals surface area contributed by atoms with Gasteiger partial charge in [0.2, 0.25) is 0 Å². The van der Waals surface area contributed by atoms with Crippen LogP contribution < -0.4 is 4.74 Å². The molecule has 1 aliphatic heterocycles. The van der Waals surface area contributed by atoms with Gasteiger partial charge in [0.15, 0.2) is 0 Å². The predicted molar refractivity (Wildman–Crippen MR) is 144 cm³/mol. The Bertz CT molecular complexity index is 1400. The molecule has 1 N–H and O–H groups in total. The number of thiophene rings is 1. The van der Waals surface area contributed by atoms with Gasteiger partial charge in [-0.2, -0.15) is 4.31 Å². The lowest BCUT2D eigenvalue weighted by molar-refractivity contribution is 0.0694. The number of amidine groups is 1. The summed E-state index contributed by atoms with van der Waals surface area (Å²) in [7, 11) is -0.316. The number of carbonyl (C=O) groups is 1. The number of ether oxygens (including phenoxy) is 1. The lowest BCUT2D eigenvalue weighted by Crippen LogP contribution is -2.50. The Kier molecular flexibility index (Phi) is 7.89. The van der Waals surface area contributed by atoms with Crippen LogP contribution in [0, 0.1) is 5.41 Å². The number of rotatable bonds is 7. The number of fused-ring (bicyclic) bond motifs is 1. The summed E-state index contributed by atoms with van der Waals surface area (Å²) in [5.41, 5.74) is 1.06. The van der Waals surface area contributed by atoms with E-state index >= 15 is 0 Å². The Labute approximate surface area is 220 Å². The average molecular weight is 549 g/mol. The molecule has 2 aromatic carbocycles. The van der Waals surface area contributed by atoms with Crippen LogP contribution in [-0.4, -0.2) is 81.1 Å². The van der Waals surface area contributed by atoms with Gasteiger partial charge in [-0.15, -0.1) is 11.3 Å². The summed E-state index contributed by atoms with van der Waals surface area (Å²) in [6.07, 6.45) is 0.922. The Hall–Kier alpha value is -2.66. The molecule has 0 bridgehead atoms. The number of halogens is 1. The van der Waals surface area contributed by atoms with Crippen LogP contribution in [0.15, 0.2) is 46.7 Å². The van der Waals surface area contributed by atoms with Gasteiger partial charge < -0.3 is 14.5 Å². The maximum Gasteiger partial charge on any atom is 0.257 e. The fourth-order valence-corrected chi connectivity index (χ4v) is 7.47. The van der Waals surface area contributed by atoms with Gasteiger partial charge in [0.25, 0.3) is 15.9 Å². The third kappa shape index (κ3) is 5.22. The molecule has 0 spiro atoms. The molecule has 2 heterocycles. The van der Waals surface area contributed by atoms with Gasteiger partial charge in [0.1, 0.15) is 15.8 Å². The Balaban J connectivity index is 1.46. The number of hydrogen-bond donors (Lipinski definition) is 1. The second-order valence-electron chi connectivity index (χ2n) is 8.63. The second kappa shape index (κ2) is 10.8. The van der Waals surface area contributed by atoms with Crippen molar-refractivity contribution in [3.8, 4) is 5.75 Å². The summed E-state index contributed by atoms with van der Waals surface area (Å²) >= 11 is 7.24. The fourth-order valence-electron chi connectivity index (χ4n) is 4.22. The van der Waals surface area contributed by atoms with Gasteiger partial charge in [0.05, 0.1) is 12.7 Å². The number of piperazine rings is 1. The number of carbonyl (C=O) groups excluding carboxylic acids is 1. The second-order valence-corrected chi connectivity index (χ2v) is 12.3. The van der Waals surface area contributed by atoms with E-state index in [0.717, 1.165) is 23.1 Å². The first-order valence-corrected chi connectivity index (χ1v) is 14.3. The summed E-state index contributed by atoms with van der Waals surface area (Å²) < 4.78 is 34.5. The number of amides is 1. The maximum absolute atomic E-state index is 13.3. The Morgan fingerprint density at radius 2 is 1.86 bits per heavy atom. The highest BCUT2D eigenvalue weighted by atomic mass is 35.5. The molecule has 4 rings (SSSR count). The van der Waals surface area contributed by atoms with Crippen molar-refractivity contribution >= 4 is 54.8 Å². The van der Waals surface area contributed by atoms with Gasteiger partial charge in [-0.05, 0) is 42.1 Å². The number of hydrogen-bond acceptors (Lipinski definition) is 6. The molecule has 0 radical (unpaired) electrons. The van der Waals surface area contributed by atoms with Crippen molar-refractivity contribution in [3.63, 3.8) is 0 Å². The largest absolute Gasteiger partial charge is 0.496 e. The summed E-state index contributed by atoms with van der Waals surface area (Å²) in [5.74, 6) is 0.531. The number of sulfonamides is 1. The third-order valence-corrected chi connectivity index (χ3v) is 9.91. The van der Waals surface area contributed by atoms with Crippen molar-refractivity contribution in [2.75, 3.05) is 46.9 Å². The lowest BCUT2D eigenvalue weighted by atomic mass is 10.1. The molecule has 11 heteroatoms. The first-order valence-electron chi connectivity index (χ1n) is 11.6. The van der Waals surface area contributed by atoms with E-state index in [4.69, 9.17) is 21.7 Å². The zero-order chi connectivity index (χ0) is 26.0. The van der Waals surface area contributed by atoms with Crippen molar-refractivity contribution in [2.24, 2.45) is 0 Å². The molecule has 0 atom stereocenters. The van der Waals surface area contributed by atoms with Crippen molar-refractivity contribution in [1.82, 2.24) is 14.1 Å². The number of benzene rings is 2. The molecule has 3 aromatic rings. The molecule has 8 nitrogen and oxygen atoms in total. The van der Waals surface area contributed by atoms with E-state index in [9.17, 15) is 13.2 Å². The molecule has 1 saturated heterocycles. The first kappa shape index (κ1) is 26.4. The summed E-state index contributed by atoms with van der Waals surface area (Å²) in [6.45, 7) is 3.76. The normalized spacial score (nSPS) is 14.7. The van der Waals surface area contributed by atoms with Gasteiger partial charge in [0, 0.05) is 55.1 Å². The van der Waals surface area contributed by atoms with Crippen LogP contribution in [0.2, 0.25) is 5.02 Å². The lowest BCUT2D eigenvalue weighted by Gasteiger charge is -2.34. The van der Waals surface area contributed by atoms with E-state index in [1.165, 1.54) is 22.8 Å². The van der Waals surface area contributed by atoms with E-state index < -0.39 is 10.0 Å². The highest BCUT2D eigenvalue weighted by Gasteiger charge is 2.32. The van der Waals surface area contributed by atoms with Crippen molar-refractivity contribution in [2.45, 2.75) is 17.6 Å². The highest BCUT2D eigenvalue weighted by Crippen LogP contribution is 2.33. The summed E-state index contributed by atoms with van der Waals surface area (Å²) in [5, 5.41) is 9.79. The molecule has 1 aliphatic rings. The smallest absolute Gasteiger partial charge is 0.257 e. The van der Waals surface area contributed by atoms with Crippen LogP contribution in [-0.2, 0) is 10.0 Å². The van der Waals surface area contributed by atoms with Gasteiger partial charge in [-0.1, -0.05) is 30.7 Å². The zero-order valence-corrected chi connectivity index (χ0v) is 22.8. The molecule has 36 heavy (non-hydrogen) atoms. The van der Waals surface area contributed by atoms with Crippen LogP contribution in [0.5, 0.6) is 5.75 Å². The fraction of sp³-hybridized carbons (Fsp3) is 0.360. The van der Waals surface area contributed by atoms with Crippen molar-refractivity contribution in [1.29, 1.82) is 5.41 Å². The van der Waals surface area contributed by atoms with Crippen molar-refractivity contribution < 1.29 is 17.9 Å². The molecule has 1 amide bonds. The molecule has 0 aliphatic carbocycles. The molecule has 1 fully saturated rings. The predicted octanol–water partition coefficient (Wildman–Crippen LogP) is 4.38. The topological polar surface area (TPSA) is 94.0 Å². The molecular formula is C25H29ClN4O4S2. The molecular weight excluding hydrogens is 520 g/mol. The Morgan fingerprint density at radius 1 is 1.14 bits per heavy atom. The third-order valence-electron chi connectivity index (χ3n) is 6.23. The van der Waals surface area contributed by atoms with Crippen LogP contribution in [0.25, 0.3) is 10.1 Å². The molecule has 192 valence electrons. The minimum Gasteiger partial charge on any atom is -0.496 e. The van der Waals surface area contributed by atoms with E-state index in [0.29, 0.717) is 27.7 Å². The minimum atomic E-state index is -3.67. The Morgan fingerprint density at radius 3 is 2.53 bits per heavy atom. The monoisotopic (exact) mass is 548 g/mol. The average Bonchev–Trinajstić information content (AvgIpc) is 3.32. The van der Waals surface area contributed by atoms with Crippen LogP contribution in [0.3, 0.4) is 0 Å². The van der Waals surface area contributed by atoms with Crippen LogP contribution in [0.1, 0.15) is 29.3 Å². The maximum atomic E-state index is 13.3. The first-order chi connectivity index (χ1) is 17.1. The van der Waals surface area contributed by atoms with Crippen molar-refractivity contribution in [3.05, 3.63) is 58.6 Å². The number of methoxy groups -OCH3 is 1. The van der Waals surface area contributed by atoms with Crippen LogP contribution in [0.4, 0.5) is 0 Å². The molecule has 0 saturated carbocycles.